The van der Waals surface area contributed by atoms with E-state index < -0.39 is 0 Å². The maximum absolute atomic E-state index is 12.1. The summed E-state index contributed by atoms with van der Waals surface area (Å²) in [5.74, 6) is 0.548. The van der Waals surface area contributed by atoms with Crippen LogP contribution in [0.1, 0.15) is 0 Å². The first-order valence-corrected chi connectivity index (χ1v) is 10.1. The molecule has 134 valence electrons. The monoisotopic (exact) mass is 392 g/mol. The molecule has 0 aliphatic heterocycles. The minimum Gasteiger partial charge on any atom is -0.383 e. The number of amides is 1. The minimum absolute atomic E-state index is 0.107. The van der Waals surface area contributed by atoms with Crippen LogP contribution < -0.4 is 11.1 Å². The molecule has 0 spiro atoms. The molecule has 0 saturated heterocycles. The number of carbonyl (C=O) groups is 1. The van der Waals surface area contributed by atoms with Crippen molar-refractivity contribution in [2.45, 2.75) is 5.16 Å². The van der Waals surface area contributed by atoms with E-state index in [1.54, 1.807) is 0 Å². The van der Waals surface area contributed by atoms with E-state index in [1.807, 2.05) is 66.0 Å². The van der Waals surface area contributed by atoms with E-state index in [0.717, 1.165) is 27.0 Å². The van der Waals surface area contributed by atoms with Gasteiger partial charge in [0.2, 0.25) is 5.91 Å². The van der Waals surface area contributed by atoms with Gasteiger partial charge >= 0.3 is 0 Å². The highest BCUT2D eigenvalue weighted by Gasteiger charge is 2.14. The quantitative estimate of drug-likeness (QED) is 0.381. The third kappa shape index (κ3) is 3.94. The summed E-state index contributed by atoms with van der Waals surface area (Å²) < 4.78 is 0. The zero-order chi connectivity index (χ0) is 18.6. The van der Waals surface area contributed by atoms with Crippen LogP contribution in [-0.4, -0.2) is 21.6 Å². The van der Waals surface area contributed by atoms with Crippen LogP contribution in [0.5, 0.6) is 0 Å². The number of thiophene rings is 1. The van der Waals surface area contributed by atoms with E-state index in [2.05, 4.69) is 15.3 Å². The van der Waals surface area contributed by atoms with Crippen LogP contribution in [0.2, 0.25) is 0 Å². The standard InChI is InChI=1S/C20H16N4OS2/c21-18-17-15(13-7-3-1-4-8-13)11-26-19(17)24-20(23-18)27-12-16(25)22-14-9-5-2-6-10-14/h1-11H,12H2,(H,22,25)(H2,21,23,24). The van der Waals surface area contributed by atoms with Gasteiger partial charge in [0, 0.05) is 16.6 Å². The van der Waals surface area contributed by atoms with Gasteiger partial charge in [-0.1, -0.05) is 60.3 Å². The van der Waals surface area contributed by atoms with Crippen molar-refractivity contribution in [1.29, 1.82) is 0 Å². The summed E-state index contributed by atoms with van der Waals surface area (Å²) in [6, 6.07) is 19.4. The summed E-state index contributed by atoms with van der Waals surface area (Å²) in [5, 5.41) is 6.26. The number of nitrogens with zero attached hydrogens (tertiary/aromatic N) is 2. The summed E-state index contributed by atoms with van der Waals surface area (Å²) in [6.07, 6.45) is 0. The number of para-hydroxylation sites is 1. The first-order chi connectivity index (χ1) is 13.2. The molecule has 0 bridgehead atoms. The number of thioether (sulfide) groups is 1. The van der Waals surface area contributed by atoms with Crippen molar-refractivity contribution in [2.24, 2.45) is 0 Å². The van der Waals surface area contributed by atoms with E-state index >= 15 is 0 Å². The van der Waals surface area contributed by atoms with Gasteiger partial charge < -0.3 is 11.1 Å². The molecule has 2 aromatic heterocycles. The van der Waals surface area contributed by atoms with Crippen molar-refractivity contribution >= 4 is 50.7 Å². The number of nitrogens with one attached hydrogen (secondary N) is 1. The second-order valence-electron chi connectivity index (χ2n) is 5.79. The van der Waals surface area contributed by atoms with Crippen molar-refractivity contribution in [3.8, 4) is 11.1 Å². The Morgan fingerprint density at radius 2 is 1.74 bits per heavy atom. The van der Waals surface area contributed by atoms with Crippen LogP contribution >= 0.6 is 23.1 Å². The Bertz CT molecular complexity index is 1080. The van der Waals surface area contributed by atoms with Crippen LogP contribution in [0.25, 0.3) is 21.3 Å². The molecular formula is C20H16N4OS2. The lowest BCUT2D eigenvalue weighted by Crippen LogP contribution is -2.14. The summed E-state index contributed by atoms with van der Waals surface area (Å²) in [5.41, 5.74) is 9.10. The fraction of sp³-hybridized carbons (Fsp3) is 0.0500. The fourth-order valence-corrected chi connectivity index (χ4v) is 4.36. The maximum atomic E-state index is 12.1. The fourth-order valence-electron chi connectivity index (χ4n) is 2.69. The first kappa shape index (κ1) is 17.5. The van der Waals surface area contributed by atoms with Crippen molar-refractivity contribution in [3.05, 3.63) is 66.0 Å². The molecule has 5 nitrogen and oxygen atoms in total. The van der Waals surface area contributed by atoms with Crippen molar-refractivity contribution < 1.29 is 4.79 Å². The number of hydrogen-bond acceptors (Lipinski definition) is 6. The molecule has 2 aromatic carbocycles. The summed E-state index contributed by atoms with van der Waals surface area (Å²) in [7, 11) is 0. The molecule has 27 heavy (non-hydrogen) atoms. The molecule has 0 aliphatic rings. The molecule has 1 amide bonds. The van der Waals surface area contributed by atoms with E-state index in [-0.39, 0.29) is 11.7 Å². The number of nitrogens with two attached hydrogens (primary N) is 1. The van der Waals surface area contributed by atoms with E-state index in [9.17, 15) is 4.79 Å². The van der Waals surface area contributed by atoms with Gasteiger partial charge in [-0.05, 0) is 17.7 Å². The lowest BCUT2D eigenvalue weighted by molar-refractivity contribution is -0.113. The van der Waals surface area contributed by atoms with Gasteiger partial charge in [-0.15, -0.1) is 11.3 Å². The van der Waals surface area contributed by atoms with Crippen molar-refractivity contribution in [1.82, 2.24) is 9.97 Å². The number of hydrogen-bond donors (Lipinski definition) is 2. The Morgan fingerprint density at radius 3 is 2.48 bits per heavy atom. The zero-order valence-electron chi connectivity index (χ0n) is 14.3. The van der Waals surface area contributed by atoms with Crippen LogP contribution in [0, 0.1) is 0 Å². The summed E-state index contributed by atoms with van der Waals surface area (Å²) in [6.45, 7) is 0. The molecular weight excluding hydrogens is 376 g/mol. The number of aromatic nitrogens is 2. The van der Waals surface area contributed by atoms with Gasteiger partial charge in [0.1, 0.15) is 10.6 Å². The van der Waals surface area contributed by atoms with Gasteiger partial charge in [0.15, 0.2) is 5.16 Å². The predicted molar refractivity (Wildman–Crippen MR) is 113 cm³/mol. The molecule has 2 heterocycles. The highest BCUT2D eigenvalue weighted by molar-refractivity contribution is 7.99. The average molecular weight is 393 g/mol. The molecule has 0 saturated carbocycles. The second kappa shape index (κ2) is 7.77. The van der Waals surface area contributed by atoms with Gasteiger partial charge in [-0.25, -0.2) is 9.97 Å². The van der Waals surface area contributed by atoms with Crippen LogP contribution in [-0.2, 0) is 4.79 Å². The second-order valence-corrected chi connectivity index (χ2v) is 7.59. The van der Waals surface area contributed by atoms with Crippen LogP contribution in [0.15, 0.2) is 71.2 Å². The van der Waals surface area contributed by atoms with E-state index in [0.29, 0.717) is 11.0 Å². The van der Waals surface area contributed by atoms with E-state index in [4.69, 9.17) is 5.73 Å². The highest BCUT2D eigenvalue weighted by Crippen LogP contribution is 2.36. The third-order valence-corrected chi connectivity index (χ3v) is 5.64. The smallest absolute Gasteiger partial charge is 0.234 e. The normalized spacial score (nSPS) is 10.8. The number of carbonyl (C=O) groups excluding carboxylic acids is 1. The molecule has 4 rings (SSSR count). The van der Waals surface area contributed by atoms with E-state index in [1.165, 1.54) is 23.1 Å². The largest absolute Gasteiger partial charge is 0.383 e. The average Bonchev–Trinajstić information content (AvgIpc) is 3.12. The zero-order valence-corrected chi connectivity index (χ0v) is 15.9. The Labute approximate surface area is 164 Å². The predicted octanol–water partition coefficient (Wildman–Crippen LogP) is 4.67. The summed E-state index contributed by atoms with van der Waals surface area (Å²) >= 11 is 2.80. The minimum atomic E-state index is -0.107. The van der Waals surface area contributed by atoms with Crippen molar-refractivity contribution in [3.63, 3.8) is 0 Å². The molecule has 4 aromatic rings. The molecule has 7 heteroatoms. The summed E-state index contributed by atoms with van der Waals surface area (Å²) in [4.78, 5) is 21.9. The van der Waals surface area contributed by atoms with Gasteiger partial charge in [-0.2, -0.15) is 0 Å². The first-order valence-electron chi connectivity index (χ1n) is 8.28. The number of anilines is 2. The van der Waals surface area contributed by atoms with Crippen molar-refractivity contribution in [2.75, 3.05) is 16.8 Å². The number of nitrogen functional groups attached to an aromatic ring is 1. The molecule has 0 fully saturated rings. The Morgan fingerprint density at radius 1 is 1.04 bits per heavy atom. The third-order valence-electron chi connectivity index (χ3n) is 3.92. The Balaban J connectivity index is 1.51. The van der Waals surface area contributed by atoms with Gasteiger partial charge in [0.25, 0.3) is 0 Å². The molecule has 0 atom stereocenters. The number of fused-ring (bicyclic) bond motifs is 1. The maximum Gasteiger partial charge on any atom is 0.234 e. The Hall–Kier alpha value is -2.90. The van der Waals surface area contributed by atoms with Gasteiger partial charge in [0.05, 0.1) is 11.1 Å². The lowest BCUT2D eigenvalue weighted by atomic mass is 10.1. The molecule has 0 radical (unpaired) electrons. The van der Waals surface area contributed by atoms with Gasteiger partial charge in [-0.3, -0.25) is 4.79 Å². The molecule has 0 aliphatic carbocycles. The molecule has 3 N–H and O–H groups in total. The number of rotatable bonds is 5. The highest BCUT2D eigenvalue weighted by atomic mass is 32.2. The lowest BCUT2D eigenvalue weighted by Gasteiger charge is -2.06. The number of benzene rings is 2. The SMILES string of the molecule is Nc1nc(SCC(=O)Nc2ccccc2)nc2scc(-c3ccccc3)c12. The van der Waals surface area contributed by atoms with Crippen LogP contribution in [0.3, 0.4) is 0 Å². The topological polar surface area (TPSA) is 80.9 Å². The van der Waals surface area contributed by atoms with Crippen LogP contribution in [0.4, 0.5) is 11.5 Å². The molecule has 0 unspecified atom stereocenters. The Kier molecular flexibility index (Phi) is 5.04.